The molecule has 3 aromatic rings. The third-order valence-corrected chi connectivity index (χ3v) is 4.54. The molecular formula is C22H20ClF2NO5. The molecule has 0 bridgehead atoms. The molecule has 1 N–H and O–H groups in total. The molecule has 0 aliphatic carbocycles. The van der Waals surface area contributed by atoms with Gasteiger partial charge in [0.05, 0.1) is 6.61 Å². The summed E-state index contributed by atoms with van der Waals surface area (Å²) in [6.45, 7) is 0.956. The zero-order chi connectivity index (χ0) is 22.4. The molecule has 0 radical (unpaired) electrons. The van der Waals surface area contributed by atoms with Gasteiger partial charge in [0.25, 0.3) is 5.91 Å². The Labute approximate surface area is 182 Å². The fourth-order valence-electron chi connectivity index (χ4n) is 2.68. The van der Waals surface area contributed by atoms with Crippen molar-refractivity contribution in [2.45, 2.75) is 27.1 Å². The third kappa shape index (κ3) is 6.11. The van der Waals surface area contributed by atoms with Crippen LogP contribution in [0.15, 0.2) is 52.9 Å². The minimum Gasteiger partial charge on any atom is -0.490 e. The number of benzene rings is 2. The van der Waals surface area contributed by atoms with Crippen LogP contribution < -0.4 is 19.5 Å². The topological polar surface area (TPSA) is 69.9 Å². The van der Waals surface area contributed by atoms with E-state index < -0.39 is 12.5 Å². The normalized spacial score (nSPS) is 10.8. The van der Waals surface area contributed by atoms with E-state index >= 15 is 0 Å². The Morgan fingerprint density at radius 1 is 1.10 bits per heavy atom. The Balaban J connectivity index is 1.63. The number of carbonyl (C=O) groups is 1. The van der Waals surface area contributed by atoms with Crippen molar-refractivity contribution in [3.8, 4) is 17.2 Å². The quantitative estimate of drug-likeness (QED) is 0.427. The molecule has 0 saturated carbocycles. The van der Waals surface area contributed by atoms with Crippen LogP contribution in [-0.2, 0) is 6.61 Å². The highest BCUT2D eigenvalue weighted by Crippen LogP contribution is 2.32. The zero-order valence-electron chi connectivity index (χ0n) is 16.8. The molecule has 6 nitrogen and oxygen atoms in total. The summed E-state index contributed by atoms with van der Waals surface area (Å²) in [7, 11) is 0. The Hall–Kier alpha value is -3.26. The van der Waals surface area contributed by atoms with Gasteiger partial charge in [-0.25, -0.2) is 0 Å². The largest absolute Gasteiger partial charge is 0.490 e. The molecule has 164 valence electrons. The number of alkyl halides is 2. The third-order valence-electron chi connectivity index (χ3n) is 4.11. The average molecular weight is 452 g/mol. The lowest BCUT2D eigenvalue weighted by atomic mass is 10.2. The second kappa shape index (κ2) is 10.2. The number of ether oxygens (including phenoxy) is 3. The molecule has 0 unspecified atom stereocenters. The predicted molar refractivity (Wildman–Crippen MR) is 111 cm³/mol. The van der Waals surface area contributed by atoms with Gasteiger partial charge in [-0.15, -0.1) is 0 Å². The van der Waals surface area contributed by atoms with E-state index in [9.17, 15) is 13.6 Å². The molecule has 0 spiro atoms. The molecule has 2 aromatic carbocycles. The summed E-state index contributed by atoms with van der Waals surface area (Å²) in [5, 5.41) is 3.27. The molecule has 0 aliphatic rings. The van der Waals surface area contributed by atoms with Crippen LogP contribution in [0.3, 0.4) is 0 Å². The summed E-state index contributed by atoms with van der Waals surface area (Å²) >= 11 is 5.99. The fraction of sp³-hybridized carbons (Fsp3) is 0.227. The van der Waals surface area contributed by atoms with Gasteiger partial charge in [0.1, 0.15) is 18.1 Å². The molecule has 1 aromatic heterocycles. The highest BCUT2D eigenvalue weighted by atomic mass is 35.5. The van der Waals surface area contributed by atoms with Gasteiger partial charge in [0.15, 0.2) is 17.3 Å². The summed E-state index contributed by atoms with van der Waals surface area (Å²) in [4.78, 5) is 12.5. The first-order valence-electron chi connectivity index (χ1n) is 9.36. The van der Waals surface area contributed by atoms with Crippen LogP contribution in [0.25, 0.3) is 0 Å². The van der Waals surface area contributed by atoms with Gasteiger partial charge in [-0.3, -0.25) is 4.79 Å². The first-order chi connectivity index (χ1) is 14.9. The summed E-state index contributed by atoms with van der Waals surface area (Å²) in [5.41, 5.74) is 1.22. The number of halogens is 3. The molecule has 0 aliphatic heterocycles. The number of furan rings is 1. The maximum atomic E-state index is 12.5. The first-order valence-corrected chi connectivity index (χ1v) is 9.74. The number of aryl methyl sites for hydroxylation is 1. The van der Waals surface area contributed by atoms with Crippen LogP contribution in [0.2, 0.25) is 5.02 Å². The maximum Gasteiger partial charge on any atom is 0.387 e. The zero-order valence-corrected chi connectivity index (χ0v) is 17.5. The summed E-state index contributed by atoms with van der Waals surface area (Å²) in [5.74, 6) is 0.597. The van der Waals surface area contributed by atoms with Crippen molar-refractivity contribution in [3.63, 3.8) is 0 Å². The van der Waals surface area contributed by atoms with Crippen molar-refractivity contribution >= 4 is 23.2 Å². The number of nitrogens with one attached hydrogen (secondary N) is 1. The molecule has 9 heteroatoms. The van der Waals surface area contributed by atoms with Crippen LogP contribution in [-0.4, -0.2) is 19.1 Å². The van der Waals surface area contributed by atoms with E-state index in [1.807, 2.05) is 6.92 Å². The lowest BCUT2D eigenvalue weighted by molar-refractivity contribution is -0.0514. The fourth-order valence-corrected chi connectivity index (χ4v) is 2.80. The molecule has 0 saturated heterocycles. The number of anilines is 1. The summed E-state index contributed by atoms with van der Waals surface area (Å²) in [6.07, 6.45) is 0. The maximum absolute atomic E-state index is 12.5. The van der Waals surface area contributed by atoms with Crippen molar-refractivity contribution in [2.75, 3.05) is 11.9 Å². The number of amides is 1. The molecule has 0 fully saturated rings. The average Bonchev–Trinajstić information content (AvgIpc) is 3.20. The van der Waals surface area contributed by atoms with Gasteiger partial charge in [0, 0.05) is 16.8 Å². The number of hydrogen-bond acceptors (Lipinski definition) is 5. The van der Waals surface area contributed by atoms with Crippen molar-refractivity contribution in [3.05, 3.63) is 70.6 Å². The van der Waals surface area contributed by atoms with Gasteiger partial charge < -0.3 is 23.9 Å². The predicted octanol–water partition coefficient (Wildman–Crippen LogP) is 6.07. The Morgan fingerprint density at radius 2 is 1.90 bits per heavy atom. The minimum atomic E-state index is -2.99. The lowest BCUT2D eigenvalue weighted by Crippen LogP contribution is -2.11. The highest BCUT2D eigenvalue weighted by molar-refractivity contribution is 6.31. The highest BCUT2D eigenvalue weighted by Gasteiger charge is 2.15. The van der Waals surface area contributed by atoms with Crippen LogP contribution in [0.1, 0.15) is 28.8 Å². The first kappa shape index (κ1) is 22.4. The number of carbonyl (C=O) groups excluding carboxylic acids is 1. The number of rotatable bonds is 9. The monoisotopic (exact) mass is 451 g/mol. The molecular weight excluding hydrogens is 432 g/mol. The lowest BCUT2D eigenvalue weighted by Gasteiger charge is -2.13. The van der Waals surface area contributed by atoms with Gasteiger partial charge in [-0.1, -0.05) is 11.6 Å². The van der Waals surface area contributed by atoms with E-state index in [-0.39, 0.29) is 30.5 Å². The SMILES string of the molecule is CCOc1cc(NC(=O)c2ccc(COc3ccc(Cl)c(C)c3)o2)ccc1OC(F)F. The summed E-state index contributed by atoms with van der Waals surface area (Å²) < 4.78 is 45.9. The van der Waals surface area contributed by atoms with Crippen LogP contribution >= 0.6 is 11.6 Å². The summed E-state index contributed by atoms with van der Waals surface area (Å²) in [6, 6.07) is 12.5. The van der Waals surface area contributed by atoms with E-state index in [0.29, 0.717) is 22.2 Å². The minimum absolute atomic E-state index is 0.0664. The Kier molecular flexibility index (Phi) is 7.36. The number of hydrogen-bond donors (Lipinski definition) is 1. The van der Waals surface area contributed by atoms with E-state index in [2.05, 4.69) is 10.1 Å². The smallest absolute Gasteiger partial charge is 0.387 e. The van der Waals surface area contributed by atoms with E-state index in [0.717, 1.165) is 5.56 Å². The Bertz CT molecular complexity index is 1050. The van der Waals surface area contributed by atoms with Crippen molar-refractivity contribution in [1.29, 1.82) is 0 Å². The van der Waals surface area contributed by atoms with E-state index in [4.69, 9.17) is 25.5 Å². The van der Waals surface area contributed by atoms with Crippen molar-refractivity contribution < 1.29 is 32.2 Å². The van der Waals surface area contributed by atoms with Crippen LogP contribution in [0, 0.1) is 6.92 Å². The van der Waals surface area contributed by atoms with Gasteiger partial charge >= 0.3 is 6.61 Å². The Morgan fingerprint density at radius 3 is 2.61 bits per heavy atom. The van der Waals surface area contributed by atoms with Gasteiger partial charge in [-0.2, -0.15) is 8.78 Å². The molecule has 3 rings (SSSR count). The van der Waals surface area contributed by atoms with Gasteiger partial charge in [0.2, 0.25) is 0 Å². The van der Waals surface area contributed by atoms with Crippen LogP contribution in [0.5, 0.6) is 17.2 Å². The van der Waals surface area contributed by atoms with E-state index in [1.54, 1.807) is 31.2 Å². The van der Waals surface area contributed by atoms with E-state index in [1.165, 1.54) is 24.3 Å². The van der Waals surface area contributed by atoms with Crippen molar-refractivity contribution in [2.24, 2.45) is 0 Å². The van der Waals surface area contributed by atoms with Crippen LogP contribution in [0.4, 0.5) is 14.5 Å². The van der Waals surface area contributed by atoms with Crippen molar-refractivity contribution in [1.82, 2.24) is 0 Å². The second-order valence-electron chi connectivity index (χ2n) is 6.39. The standard InChI is InChI=1S/C22H20ClF2NO5/c1-3-28-20-11-14(4-8-18(20)31-22(24)25)26-21(27)19-9-6-16(30-19)12-29-15-5-7-17(23)13(2)10-15/h4-11,22H,3,12H2,1-2H3,(H,26,27). The molecule has 0 atom stereocenters. The molecule has 31 heavy (non-hydrogen) atoms. The second-order valence-corrected chi connectivity index (χ2v) is 6.80. The molecule has 1 amide bonds. The molecule has 1 heterocycles. The van der Waals surface area contributed by atoms with Gasteiger partial charge in [-0.05, 0) is 61.9 Å².